The second kappa shape index (κ2) is 4.43. The van der Waals surface area contributed by atoms with Crippen molar-refractivity contribution in [3.63, 3.8) is 0 Å². The Hall–Kier alpha value is 0.180. The summed E-state index contributed by atoms with van der Waals surface area (Å²) in [6.07, 6.45) is 0. The van der Waals surface area contributed by atoms with Crippen LogP contribution in [0.2, 0.25) is 0 Å². The van der Waals surface area contributed by atoms with Gasteiger partial charge in [-0.15, -0.1) is 0 Å². The molecule has 0 spiro atoms. The molecule has 0 unspecified atom stereocenters. The maximum atomic E-state index is 3.43. The van der Waals surface area contributed by atoms with Gasteiger partial charge in [-0.3, -0.25) is 0 Å². The van der Waals surface area contributed by atoms with Gasteiger partial charge in [-0.25, -0.2) is 0 Å². The van der Waals surface area contributed by atoms with Gasteiger partial charge in [-0.05, 0) is 22.9 Å². The average molecular weight is 231 g/mol. The predicted molar refractivity (Wildman–Crippen MR) is 58.8 cm³/mol. The first-order valence-corrected chi connectivity index (χ1v) is 4.30. The fourth-order valence-corrected chi connectivity index (χ4v) is 1.54. The van der Waals surface area contributed by atoms with Crippen LogP contribution >= 0.6 is 15.9 Å². The number of halogens is 1. The van der Waals surface area contributed by atoms with Gasteiger partial charge in [0.25, 0.3) is 0 Å². The van der Waals surface area contributed by atoms with Crippen LogP contribution in [0.4, 0.5) is 0 Å². The van der Waals surface area contributed by atoms with Crippen LogP contribution in [0.3, 0.4) is 0 Å². The van der Waals surface area contributed by atoms with Gasteiger partial charge >= 0.3 is 29.6 Å². The first-order chi connectivity index (χ1) is 5.36. The molecule has 0 bridgehead atoms. The summed E-state index contributed by atoms with van der Waals surface area (Å²) in [7, 11) is 0. The Morgan fingerprint density at radius 3 is 2.25 bits per heavy atom. The second-order valence-electron chi connectivity index (χ2n) is 2.49. The third-order valence-electron chi connectivity index (χ3n) is 1.71. The zero-order valence-corrected chi connectivity index (χ0v) is 7.51. The van der Waals surface area contributed by atoms with Crippen molar-refractivity contribution in [3.8, 4) is 0 Å². The van der Waals surface area contributed by atoms with Crippen LogP contribution in [0.1, 0.15) is 0 Å². The molecular formula is C10H8BrNa. The zero-order valence-electron chi connectivity index (χ0n) is 5.92. The molecule has 0 atom stereocenters. The van der Waals surface area contributed by atoms with Crippen molar-refractivity contribution in [2.75, 3.05) is 0 Å². The molecule has 0 amide bonds. The minimum absolute atomic E-state index is 0. The van der Waals surface area contributed by atoms with E-state index >= 15 is 0 Å². The summed E-state index contributed by atoms with van der Waals surface area (Å²) >= 11 is 3.43. The standard InChI is InChI=1S/C10H7Br.Na.H/c11-10-6-5-8-3-1-2-4-9(8)7-10;;/h1-7H;;. The quantitative estimate of drug-likeness (QED) is 0.611. The van der Waals surface area contributed by atoms with Gasteiger partial charge in [-0.1, -0.05) is 46.3 Å². The molecule has 56 valence electrons. The molecule has 0 aliphatic heterocycles. The summed E-state index contributed by atoms with van der Waals surface area (Å²) in [6, 6.07) is 14.6. The molecule has 0 aromatic heterocycles. The van der Waals surface area contributed by atoms with Gasteiger partial charge in [-0.2, -0.15) is 0 Å². The molecule has 0 saturated carbocycles. The first kappa shape index (κ1) is 10.3. The van der Waals surface area contributed by atoms with E-state index in [1.54, 1.807) is 0 Å². The molecule has 0 radical (unpaired) electrons. The summed E-state index contributed by atoms with van der Waals surface area (Å²) in [5.74, 6) is 0. The van der Waals surface area contributed by atoms with Gasteiger partial charge in [0.05, 0.1) is 0 Å². The van der Waals surface area contributed by atoms with Gasteiger partial charge in [0.2, 0.25) is 0 Å². The number of hydrogen-bond donors (Lipinski definition) is 0. The van der Waals surface area contributed by atoms with Crippen LogP contribution < -0.4 is 0 Å². The van der Waals surface area contributed by atoms with Crippen molar-refractivity contribution in [1.82, 2.24) is 0 Å². The summed E-state index contributed by atoms with van der Waals surface area (Å²) in [4.78, 5) is 0. The summed E-state index contributed by atoms with van der Waals surface area (Å²) in [5.41, 5.74) is 0. The van der Waals surface area contributed by atoms with Gasteiger partial charge < -0.3 is 0 Å². The number of fused-ring (bicyclic) bond motifs is 1. The maximum absolute atomic E-state index is 3.43. The molecule has 0 fully saturated rings. The summed E-state index contributed by atoms with van der Waals surface area (Å²) in [5, 5.41) is 2.57. The molecule has 12 heavy (non-hydrogen) atoms. The first-order valence-electron chi connectivity index (χ1n) is 3.50. The van der Waals surface area contributed by atoms with E-state index in [9.17, 15) is 0 Å². The van der Waals surface area contributed by atoms with Gasteiger partial charge in [0, 0.05) is 4.47 Å². The van der Waals surface area contributed by atoms with Crippen LogP contribution in [0.5, 0.6) is 0 Å². The number of benzene rings is 2. The SMILES string of the molecule is Brc1ccc2ccccc2c1.[NaH]. The second-order valence-corrected chi connectivity index (χ2v) is 3.41. The third-order valence-corrected chi connectivity index (χ3v) is 2.20. The van der Waals surface area contributed by atoms with Crippen LogP contribution in [-0.4, -0.2) is 29.6 Å². The topological polar surface area (TPSA) is 0 Å². The van der Waals surface area contributed by atoms with Crippen molar-refractivity contribution in [1.29, 1.82) is 0 Å². The minimum atomic E-state index is 0. The van der Waals surface area contributed by atoms with Crippen molar-refractivity contribution in [2.45, 2.75) is 0 Å². The van der Waals surface area contributed by atoms with E-state index in [0.29, 0.717) is 0 Å². The molecule has 0 aliphatic carbocycles. The van der Waals surface area contributed by atoms with E-state index in [0.717, 1.165) is 4.47 Å². The molecule has 2 rings (SSSR count). The molecule has 0 nitrogen and oxygen atoms in total. The predicted octanol–water partition coefficient (Wildman–Crippen LogP) is 2.95. The molecule has 2 aromatic rings. The van der Waals surface area contributed by atoms with Crippen LogP contribution in [0.25, 0.3) is 10.8 Å². The Labute approximate surface area is 102 Å². The van der Waals surface area contributed by atoms with E-state index < -0.39 is 0 Å². The average Bonchev–Trinajstić information content (AvgIpc) is 2.04. The summed E-state index contributed by atoms with van der Waals surface area (Å²) in [6.45, 7) is 0. The molecular weight excluding hydrogens is 223 g/mol. The van der Waals surface area contributed by atoms with Crippen LogP contribution in [-0.2, 0) is 0 Å². The molecule has 2 aromatic carbocycles. The monoisotopic (exact) mass is 230 g/mol. The van der Waals surface area contributed by atoms with Crippen molar-refractivity contribution < 1.29 is 0 Å². The molecule has 0 N–H and O–H groups in total. The van der Waals surface area contributed by atoms with Gasteiger partial charge in [0.15, 0.2) is 0 Å². The summed E-state index contributed by atoms with van der Waals surface area (Å²) < 4.78 is 1.14. The van der Waals surface area contributed by atoms with Crippen molar-refractivity contribution >= 4 is 56.3 Å². The number of rotatable bonds is 0. The fraction of sp³-hybridized carbons (Fsp3) is 0. The van der Waals surface area contributed by atoms with E-state index in [-0.39, 0.29) is 29.6 Å². The van der Waals surface area contributed by atoms with Crippen molar-refractivity contribution in [3.05, 3.63) is 46.9 Å². The van der Waals surface area contributed by atoms with Crippen molar-refractivity contribution in [2.24, 2.45) is 0 Å². The Kier molecular flexibility index (Phi) is 3.78. The molecule has 0 aliphatic rings. The van der Waals surface area contributed by atoms with E-state index in [1.807, 2.05) is 0 Å². The number of hydrogen-bond acceptors (Lipinski definition) is 0. The Morgan fingerprint density at radius 1 is 0.833 bits per heavy atom. The van der Waals surface area contributed by atoms with Crippen LogP contribution in [0.15, 0.2) is 46.9 Å². The fourth-order valence-electron chi connectivity index (χ4n) is 1.16. The molecule has 0 saturated heterocycles. The van der Waals surface area contributed by atoms with E-state index in [4.69, 9.17) is 0 Å². The van der Waals surface area contributed by atoms with E-state index in [2.05, 4.69) is 58.4 Å². The Morgan fingerprint density at radius 2 is 1.50 bits per heavy atom. The normalized spacial score (nSPS) is 9.42. The van der Waals surface area contributed by atoms with Gasteiger partial charge in [0.1, 0.15) is 0 Å². The Balaban J connectivity index is 0.000000720. The zero-order chi connectivity index (χ0) is 7.68. The van der Waals surface area contributed by atoms with E-state index in [1.165, 1.54) is 10.8 Å². The Bertz CT molecular complexity index is 384. The third kappa shape index (κ3) is 2.11. The molecule has 2 heteroatoms. The van der Waals surface area contributed by atoms with Crippen LogP contribution in [0, 0.1) is 0 Å². The molecule has 0 heterocycles.